The number of benzene rings is 4. The summed E-state index contributed by atoms with van der Waals surface area (Å²) in [7, 11) is 0. The maximum absolute atomic E-state index is 12.8. The van der Waals surface area contributed by atoms with Gasteiger partial charge in [0.2, 0.25) is 0 Å². The van der Waals surface area contributed by atoms with E-state index >= 15 is 0 Å². The van der Waals surface area contributed by atoms with Gasteiger partial charge in [0.15, 0.2) is 0 Å². The summed E-state index contributed by atoms with van der Waals surface area (Å²) in [6, 6.07) is 31.6. The molecule has 4 rings (SSSR count). The van der Waals surface area contributed by atoms with E-state index in [0.717, 1.165) is 11.1 Å². The van der Waals surface area contributed by atoms with Crippen LogP contribution in [0.4, 0.5) is 5.69 Å². The van der Waals surface area contributed by atoms with Gasteiger partial charge in [-0.15, -0.1) is 0 Å². The maximum atomic E-state index is 12.8. The van der Waals surface area contributed by atoms with Crippen LogP contribution in [0.3, 0.4) is 0 Å². The average Bonchev–Trinajstić information content (AvgIpc) is 2.95. The molecule has 0 unspecified atom stereocenters. The smallest absolute Gasteiger partial charge is 0.266 e. The number of halogens is 2. The zero-order valence-corrected chi connectivity index (χ0v) is 23.7. The summed E-state index contributed by atoms with van der Waals surface area (Å²) >= 11 is 7.00. The van der Waals surface area contributed by atoms with Crippen LogP contribution in [-0.2, 0) is 18.0 Å². The van der Waals surface area contributed by atoms with E-state index in [0.29, 0.717) is 43.9 Å². The molecule has 192 valence electrons. The molecule has 0 aliphatic carbocycles. The second-order valence-corrected chi connectivity index (χ2v) is 10.0. The number of ether oxygens (including phenoxy) is 2. The molecule has 0 spiro atoms. The SMILES string of the molecule is N#C/C(=C\c1cc(Br)c(OCc2ccccc2C#N)c(Br)c1)C(=O)Nc1ccc(OCc2ccccc2)cc1. The molecule has 0 radical (unpaired) electrons. The molecule has 1 N–H and O–H groups in total. The molecule has 39 heavy (non-hydrogen) atoms. The zero-order chi connectivity index (χ0) is 27.6. The molecule has 0 saturated carbocycles. The van der Waals surface area contributed by atoms with E-state index in [1.807, 2.05) is 48.5 Å². The highest BCUT2D eigenvalue weighted by atomic mass is 79.9. The van der Waals surface area contributed by atoms with Crippen molar-refractivity contribution in [2.75, 3.05) is 5.32 Å². The minimum absolute atomic E-state index is 0.0604. The average molecular weight is 643 g/mol. The Morgan fingerprint density at radius 3 is 2.18 bits per heavy atom. The Bertz CT molecular complexity index is 1570. The summed E-state index contributed by atoms with van der Waals surface area (Å²) in [6.07, 6.45) is 1.50. The molecule has 0 bridgehead atoms. The van der Waals surface area contributed by atoms with Gasteiger partial charge >= 0.3 is 0 Å². The first kappa shape index (κ1) is 27.7. The molecular weight excluding hydrogens is 622 g/mol. The number of anilines is 1. The highest BCUT2D eigenvalue weighted by Gasteiger charge is 2.14. The Balaban J connectivity index is 1.41. The number of hydrogen-bond donors (Lipinski definition) is 1. The fraction of sp³-hybridized carbons (Fsp3) is 0.0645. The van der Waals surface area contributed by atoms with E-state index in [2.05, 4.69) is 43.2 Å². The number of nitriles is 2. The van der Waals surface area contributed by atoms with Crippen LogP contribution in [0.1, 0.15) is 22.3 Å². The third-order valence-electron chi connectivity index (χ3n) is 5.57. The highest BCUT2D eigenvalue weighted by Crippen LogP contribution is 2.36. The summed E-state index contributed by atoms with van der Waals surface area (Å²) in [5.41, 5.74) is 3.47. The Kier molecular flexibility index (Phi) is 9.53. The first-order chi connectivity index (χ1) is 19.0. The second kappa shape index (κ2) is 13.4. The number of rotatable bonds is 9. The summed E-state index contributed by atoms with van der Waals surface area (Å²) in [5.74, 6) is 0.676. The summed E-state index contributed by atoms with van der Waals surface area (Å²) in [5, 5.41) is 21.7. The van der Waals surface area contributed by atoms with E-state index in [4.69, 9.17) is 9.47 Å². The fourth-order valence-electron chi connectivity index (χ4n) is 3.59. The minimum atomic E-state index is -0.531. The van der Waals surface area contributed by atoms with Crippen LogP contribution in [0, 0.1) is 22.7 Å². The van der Waals surface area contributed by atoms with Crippen molar-refractivity contribution in [3.8, 4) is 23.6 Å². The van der Waals surface area contributed by atoms with Gasteiger partial charge in [-0.25, -0.2) is 0 Å². The van der Waals surface area contributed by atoms with Gasteiger partial charge in [0.05, 0.1) is 20.6 Å². The molecule has 1 amide bonds. The normalized spacial score (nSPS) is 10.7. The summed E-state index contributed by atoms with van der Waals surface area (Å²) in [4.78, 5) is 12.8. The molecule has 0 atom stereocenters. The van der Waals surface area contributed by atoms with E-state index in [9.17, 15) is 15.3 Å². The monoisotopic (exact) mass is 641 g/mol. The summed E-state index contributed by atoms with van der Waals surface area (Å²) in [6.45, 7) is 0.647. The first-order valence-electron chi connectivity index (χ1n) is 11.8. The van der Waals surface area contributed by atoms with Crippen LogP contribution in [0.15, 0.2) is 106 Å². The van der Waals surface area contributed by atoms with Crippen molar-refractivity contribution in [3.63, 3.8) is 0 Å². The number of nitrogens with one attached hydrogen (secondary N) is 1. The van der Waals surface area contributed by atoms with Crippen LogP contribution in [0.25, 0.3) is 6.08 Å². The van der Waals surface area contributed by atoms with Gasteiger partial charge in [-0.3, -0.25) is 4.79 Å². The van der Waals surface area contributed by atoms with Crippen molar-refractivity contribution in [2.24, 2.45) is 0 Å². The molecule has 0 heterocycles. The Labute approximate surface area is 243 Å². The highest BCUT2D eigenvalue weighted by molar-refractivity contribution is 9.11. The van der Waals surface area contributed by atoms with Crippen LogP contribution < -0.4 is 14.8 Å². The number of carbonyl (C=O) groups excluding carboxylic acids is 1. The van der Waals surface area contributed by atoms with E-state index in [1.165, 1.54) is 6.08 Å². The Morgan fingerprint density at radius 1 is 0.846 bits per heavy atom. The second-order valence-electron chi connectivity index (χ2n) is 8.29. The quantitative estimate of drug-likeness (QED) is 0.149. The largest absolute Gasteiger partial charge is 0.489 e. The van der Waals surface area contributed by atoms with Gasteiger partial charge < -0.3 is 14.8 Å². The van der Waals surface area contributed by atoms with E-state index < -0.39 is 5.91 Å². The van der Waals surface area contributed by atoms with Crippen LogP contribution in [-0.4, -0.2) is 5.91 Å². The topological polar surface area (TPSA) is 95.1 Å². The molecular formula is C31H21Br2N3O3. The molecule has 4 aromatic carbocycles. The van der Waals surface area contributed by atoms with E-state index in [1.54, 1.807) is 48.5 Å². The lowest BCUT2D eigenvalue weighted by molar-refractivity contribution is -0.112. The van der Waals surface area contributed by atoms with Gasteiger partial charge in [0.25, 0.3) is 5.91 Å². The molecule has 0 saturated heterocycles. The molecule has 0 aliphatic heterocycles. The van der Waals surface area contributed by atoms with Gasteiger partial charge in [-0.2, -0.15) is 10.5 Å². The lowest BCUT2D eigenvalue weighted by Crippen LogP contribution is -2.13. The van der Waals surface area contributed by atoms with Crippen molar-refractivity contribution >= 4 is 49.5 Å². The van der Waals surface area contributed by atoms with Crippen molar-refractivity contribution in [2.45, 2.75) is 13.2 Å². The molecule has 0 aromatic heterocycles. The maximum Gasteiger partial charge on any atom is 0.266 e. The third kappa shape index (κ3) is 7.58. The van der Waals surface area contributed by atoms with Crippen molar-refractivity contribution < 1.29 is 14.3 Å². The minimum Gasteiger partial charge on any atom is -0.489 e. The van der Waals surface area contributed by atoms with E-state index in [-0.39, 0.29) is 12.2 Å². The van der Waals surface area contributed by atoms with Gasteiger partial charge in [-0.05, 0) is 91.5 Å². The van der Waals surface area contributed by atoms with Crippen LogP contribution in [0.5, 0.6) is 11.5 Å². The van der Waals surface area contributed by atoms with Crippen molar-refractivity contribution in [1.29, 1.82) is 10.5 Å². The zero-order valence-electron chi connectivity index (χ0n) is 20.5. The van der Waals surface area contributed by atoms with Gasteiger partial charge in [0, 0.05) is 11.3 Å². The fourth-order valence-corrected chi connectivity index (χ4v) is 5.05. The Hall–Kier alpha value is -4.37. The molecule has 8 heteroatoms. The third-order valence-corrected chi connectivity index (χ3v) is 6.75. The molecule has 0 aliphatic rings. The van der Waals surface area contributed by atoms with Gasteiger partial charge in [0.1, 0.15) is 36.4 Å². The Morgan fingerprint density at radius 2 is 1.51 bits per heavy atom. The van der Waals surface area contributed by atoms with Crippen LogP contribution in [0.2, 0.25) is 0 Å². The van der Waals surface area contributed by atoms with Crippen LogP contribution >= 0.6 is 31.9 Å². The predicted molar refractivity (Wildman–Crippen MR) is 157 cm³/mol. The molecule has 0 fully saturated rings. The molecule has 6 nitrogen and oxygen atoms in total. The lowest BCUT2D eigenvalue weighted by Gasteiger charge is -2.12. The van der Waals surface area contributed by atoms with Crippen molar-refractivity contribution in [3.05, 3.63) is 128 Å². The number of nitrogens with zero attached hydrogens (tertiary/aromatic N) is 2. The number of carbonyl (C=O) groups is 1. The van der Waals surface area contributed by atoms with Crippen molar-refractivity contribution in [1.82, 2.24) is 0 Å². The summed E-state index contributed by atoms with van der Waals surface area (Å²) < 4.78 is 13.0. The predicted octanol–water partition coefficient (Wildman–Crippen LogP) is 7.79. The number of hydrogen-bond acceptors (Lipinski definition) is 5. The number of amides is 1. The molecule has 4 aromatic rings. The first-order valence-corrected chi connectivity index (χ1v) is 13.3. The lowest BCUT2D eigenvalue weighted by atomic mass is 10.1. The standard InChI is InChI=1S/C31H21Br2N3O3/c32-28-15-22(16-29(33)30(28)39-20-24-9-5-4-8-23(24)17-34)14-25(18-35)31(37)36-26-10-12-27(13-11-26)38-19-21-6-2-1-3-7-21/h1-16H,19-20H2,(H,36,37)/b25-14+. The van der Waals surface area contributed by atoms with Gasteiger partial charge in [-0.1, -0.05) is 48.5 Å².